The van der Waals surface area contributed by atoms with Gasteiger partial charge in [0.2, 0.25) is 0 Å². The molecule has 0 aliphatic heterocycles. The molecule has 3 atom stereocenters. The van der Waals surface area contributed by atoms with Crippen LogP contribution in [0.4, 0.5) is 0 Å². The Morgan fingerprint density at radius 2 is 1.88 bits per heavy atom. The highest BCUT2D eigenvalue weighted by atomic mass is 16.5. The molecule has 0 aromatic rings. The van der Waals surface area contributed by atoms with Gasteiger partial charge in [-0.25, -0.2) is 4.79 Å². The minimum absolute atomic E-state index is 0.186. The van der Waals surface area contributed by atoms with Crippen LogP contribution in [0.25, 0.3) is 0 Å². The van der Waals surface area contributed by atoms with Gasteiger partial charge in [-0.05, 0) is 63.2 Å². The molecule has 0 bridgehead atoms. The van der Waals surface area contributed by atoms with Crippen molar-refractivity contribution in [3.05, 3.63) is 34.9 Å². The van der Waals surface area contributed by atoms with Crippen molar-refractivity contribution in [1.82, 2.24) is 0 Å². The lowest BCUT2D eigenvalue weighted by atomic mass is 9.99. The van der Waals surface area contributed by atoms with Gasteiger partial charge in [0.1, 0.15) is 0 Å². The summed E-state index contributed by atoms with van der Waals surface area (Å²) in [7, 11) is 1.61. The van der Waals surface area contributed by atoms with Crippen LogP contribution in [0.2, 0.25) is 0 Å². The monoisotopic (exact) mass is 332 g/mol. The van der Waals surface area contributed by atoms with Crippen molar-refractivity contribution < 1.29 is 14.6 Å². The molecule has 24 heavy (non-hydrogen) atoms. The second-order valence-electron chi connectivity index (χ2n) is 8.02. The highest BCUT2D eigenvalue weighted by molar-refractivity contribution is 5.88. The lowest BCUT2D eigenvalue weighted by Gasteiger charge is -2.15. The molecular weight excluding hydrogens is 300 g/mol. The zero-order valence-corrected chi connectivity index (χ0v) is 15.8. The van der Waals surface area contributed by atoms with Gasteiger partial charge in [-0.1, -0.05) is 43.2 Å². The quantitative estimate of drug-likeness (QED) is 0.712. The van der Waals surface area contributed by atoms with E-state index in [1.165, 1.54) is 11.1 Å². The molecule has 0 spiro atoms. The van der Waals surface area contributed by atoms with E-state index in [-0.39, 0.29) is 11.5 Å². The molecule has 1 saturated carbocycles. The van der Waals surface area contributed by atoms with E-state index in [1.807, 2.05) is 6.08 Å². The summed E-state index contributed by atoms with van der Waals surface area (Å²) in [5.41, 5.74) is 3.36. The van der Waals surface area contributed by atoms with Gasteiger partial charge in [0.05, 0.1) is 11.7 Å². The fourth-order valence-electron chi connectivity index (χ4n) is 3.97. The fourth-order valence-corrected chi connectivity index (χ4v) is 3.97. The number of allylic oxidation sites excluding steroid dienone is 4. The maximum atomic E-state index is 11.8. The summed E-state index contributed by atoms with van der Waals surface area (Å²) in [4.78, 5) is 11.8. The first-order chi connectivity index (χ1) is 11.3. The largest absolute Gasteiger partial charge is 0.478 e. The maximum absolute atomic E-state index is 11.8. The Balaban J connectivity index is 2.32. The number of carbonyl (C=O) groups is 1. The SMILES string of the molecule is CO[C@H]1CC=C(C)CCC=C(C)CC[C@@H]2[C@@H](C=C1C(=O)O)C2(C)C. The summed E-state index contributed by atoms with van der Waals surface area (Å²) in [6.07, 6.45) is 11.1. The van der Waals surface area contributed by atoms with E-state index in [2.05, 4.69) is 39.8 Å². The number of ether oxygens (including phenoxy) is 1. The van der Waals surface area contributed by atoms with Gasteiger partial charge in [-0.2, -0.15) is 0 Å². The Morgan fingerprint density at radius 3 is 2.50 bits per heavy atom. The lowest BCUT2D eigenvalue weighted by Crippen LogP contribution is -2.20. The molecular formula is C21H32O3. The van der Waals surface area contributed by atoms with Crippen molar-refractivity contribution in [2.24, 2.45) is 17.3 Å². The van der Waals surface area contributed by atoms with Crippen LogP contribution in [0.3, 0.4) is 0 Å². The van der Waals surface area contributed by atoms with Crippen LogP contribution < -0.4 is 0 Å². The number of aliphatic carboxylic acids is 1. The molecule has 2 aliphatic rings. The van der Waals surface area contributed by atoms with Gasteiger partial charge in [0.15, 0.2) is 0 Å². The smallest absolute Gasteiger partial charge is 0.333 e. The van der Waals surface area contributed by atoms with Gasteiger partial charge >= 0.3 is 5.97 Å². The molecule has 1 fully saturated rings. The van der Waals surface area contributed by atoms with Crippen LogP contribution in [0, 0.1) is 17.3 Å². The number of rotatable bonds is 2. The first kappa shape index (κ1) is 19.0. The third-order valence-electron chi connectivity index (χ3n) is 5.94. The van der Waals surface area contributed by atoms with Crippen molar-refractivity contribution in [3.8, 4) is 0 Å². The van der Waals surface area contributed by atoms with Crippen molar-refractivity contribution >= 4 is 5.97 Å². The molecule has 0 amide bonds. The number of hydrogen-bond donors (Lipinski definition) is 1. The third-order valence-corrected chi connectivity index (χ3v) is 5.94. The zero-order chi connectivity index (χ0) is 17.9. The Morgan fingerprint density at radius 1 is 1.21 bits per heavy atom. The molecule has 1 N–H and O–H groups in total. The normalized spacial score (nSPS) is 31.0. The van der Waals surface area contributed by atoms with Crippen molar-refractivity contribution in [1.29, 1.82) is 0 Å². The average Bonchev–Trinajstić information content (AvgIpc) is 3.03. The van der Waals surface area contributed by atoms with Crippen molar-refractivity contribution in [2.45, 2.75) is 65.9 Å². The predicted molar refractivity (Wildman–Crippen MR) is 97.9 cm³/mol. The topological polar surface area (TPSA) is 46.5 Å². The average molecular weight is 332 g/mol. The van der Waals surface area contributed by atoms with Gasteiger partial charge < -0.3 is 9.84 Å². The highest BCUT2D eigenvalue weighted by Gasteiger charge is 2.55. The first-order valence-corrected chi connectivity index (χ1v) is 9.06. The van der Waals surface area contributed by atoms with Crippen LogP contribution in [0.1, 0.15) is 59.8 Å². The predicted octanol–water partition coefficient (Wildman–Crippen LogP) is 5.14. The standard InChI is InChI=1S/C21H32O3/c1-14-7-6-8-15(2)10-12-19(24-5)16(20(22)23)13-18-17(11-9-14)21(18,3)4/h7,10,13,17-19H,6,8-9,11-12H2,1-5H3,(H,22,23)/t17-,18-,19+/m1/s1. The van der Waals surface area contributed by atoms with Crippen molar-refractivity contribution in [3.63, 3.8) is 0 Å². The van der Waals surface area contributed by atoms with E-state index >= 15 is 0 Å². The number of carboxylic acids is 1. The van der Waals surface area contributed by atoms with Crippen LogP contribution in [0.15, 0.2) is 34.9 Å². The minimum atomic E-state index is -0.850. The van der Waals surface area contributed by atoms with E-state index in [0.29, 0.717) is 23.8 Å². The Kier molecular flexibility index (Phi) is 6.08. The Bertz CT molecular complexity index is 566. The van der Waals surface area contributed by atoms with Gasteiger partial charge in [-0.15, -0.1) is 0 Å². The number of hydrogen-bond acceptors (Lipinski definition) is 2. The van der Waals surface area contributed by atoms with Crippen LogP contribution in [-0.2, 0) is 9.53 Å². The molecule has 3 nitrogen and oxygen atoms in total. The van der Waals surface area contributed by atoms with E-state index in [4.69, 9.17) is 4.74 Å². The summed E-state index contributed by atoms with van der Waals surface area (Å²) in [5.74, 6) is 0.0486. The lowest BCUT2D eigenvalue weighted by molar-refractivity contribution is -0.134. The first-order valence-electron chi connectivity index (χ1n) is 9.06. The van der Waals surface area contributed by atoms with Gasteiger partial charge in [0.25, 0.3) is 0 Å². The maximum Gasteiger partial charge on any atom is 0.333 e. The van der Waals surface area contributed by atoms with E-state index < -0.39 is 5.97 Å². The summed E-state index contributed by atoms with van der Waals surface area (Å²) in [6.45, 7) is 8.84. The molecule has 0 unspecified atom stereocenters. The molecule has 0 aromatic heterocycles. The summed E-state index contributed by atoms with van der Waals surface area (Å²) >= 11 is 0. The molecule has 134 valence electrons. The molecule has 0 aromatic carbocycles. The van der Waals surface area contributed by atoms with E-state index in [9.17, 15) is 9.90 Å². The molecule has 0 heterocycles. The number of carboxylic acid groups (broad SMARTS) is 1. The van der Waals surface area contributed by atoms with Crippen LogP contribution >= 0.6 is 0 Å². The van der Waals surface area contributed by atoms with Gasteiger partial charge in [0, 0.05) is 7.11 Å². The Hall–Kier alpha value is -1.35. The number of fused-ring (bicyclic) bond motifs is 1. The molecule has 0 radical (unpaired) electrons. The molecule has 3 heteroatoms. The second kappa shape index (κ2) is 7.69. The van der Waals surface area contributed by atoms with Crippen molar-refractivity contribution in [2.75, 3.05) is 7.11 Å². The third kappa shape index (κ3) is 4.38. The molecule has 0 saturated heterocycles. The second-order valence-corrected chi connectivity index (χ2v) is 8.02. The molecule has 2 aliphatic carbocycles. The van der Waals surface area contributed by atoms with Gasteiger partial charge in [-0.3, -0.25) is 0 Å². The Labute approximate surface area is 146 Å². The number of methoxy groups -OCH3 is 1. The summed E-state index contributed by atoms with van der Waals surface area (Å²) in [6, 6.07) is 0. The minimum Gasteiger partial charge on any atom is -0.478 e. The zero-order valence-electron chi connectivity index (χ0n) is 15.8. The summed E-state index contributed by atoms with van der Waals surface area (Å²) in [5, 5.41) is 9.68. The fraction of sp³-hybridized carbons (Fsp3) is 0.667. The van der Waals surface area contributed by atoms with E-state index in [1.54, 1.807) is 7.11 Å². The molecule has 2 rings (SSSR count). The van der Waals surface area contributed by atoms with Crippen LogP contribution in [0.5, 0.6) is 0 Å². The summed E-state index contributed by atoms with van der Waals surface area (Å²) < 4.78 is 5.52. The highest BCUT2D eigenvalue weighted by Crippen LogP contribution is 2.61. The van der Waals surface area contributed by atoms with E-state index in [0.717, 1.165) is 25.7 Å². The van der Waals surface area contributed by atoms with Crippen LogP contribution in [-0.4, -0.2) is 24.3 Å².